The zero-order chi connectivity index (χ0) is 14.3. The van der Waals surface area contributed by atoms with Gasteiger partial charge < -0.3 is 9.51 Å². The number of hydrogen-bond acceptors (Lipinski definition) is 3. The first-order chi connectivity index (χ1) is 9.56. The van der Waals surface area contributed by atoms with Crippen molar-refractivity contribution < 1.29 is 9.90 Å². The van der Waals surface area contributed by atoms with E-state index in [-0.39, 0.29) is 5.56 Å². The maximum Gasteiger partial charge on any atom is 0.339 e. The average Bonchev–Trinajstić information content (AvgIpc) is 2.90. The Bertz CT molecular complexity index is 768. The lowest BCUT2D eigenvalue weighted by molar-refractivity contribution is 0.0695. The molecule has 0 radical (unpaired) electrons. The number of aromatic nitrogens is 4. The number of hydrogen-bond donors (Lipinski definition) is 1. The lowest BCUT2D eigenvalue weighted by Crippen LogP contribution is -2.06. The maximum absolute atomic E-state index is 11.2. The predicted molar refractivity (Wildman–Crippen MR) is 73.0 cm³/mol. The highest BCUT2D eigenvalue weighted by Gasteiger charge is 2.18. The second-order valence-corrected chi connectivity index (χ2v) is 4.71. The van der Waals surface area contributed by atoms with Gasteiger partial charge >= 0.3 is 5.97 Å². The molecule has 1 N–H and O–H groups in total. The number of carboxylic acid groups (broad SMARTS) is 1. The number of aromatic carboxylic acids is 1. The minimum Gasteiger partial charge on any atom is -0.478 e. The normalized spacial score (nSPS) is 11.1. The van der Waals surface area contributed by atoms with Gasteiger partial charge in [-0.25, -0.2) is 9.78 Å². The van der Waals surface area contributed by atoms with Crippen LogP contribution in [0.25, 0.3) is 5.65 Å². The van der Waals surface area contributed by atoms with E-state index in [1.54, 1.807) is 18.5 Å². The highest BCUT2D eigenvalue weighted by Crippen LogP contribution is 2.15. The van der Waals surface area contributed by atoms with E-state index >= 15 is 0 Å². The number of fused-ring (bicyclic) bond motifs is 1. The first-order valence-corrected chi connectivity index (χ1v) is 6.26. The van der Waals surface area contributed by atoms with Crippen LogP contribution in [0.5, 0.6) is 0 Å². The van der Waals surface area contributed by atoms with E-state index in [0.29, 0.717) is 17.9 Å². The lowest BCUT2D eigenvalue weighted by Gasteiger charge is -2.01. The van der Waals surface area contributed by atoms with Crippen molar-refractivity contribution in [3.8, 4) is 0 Å². The van der Waals surface area contributed by atoms with E-state index in [1.165, 1.54) is 0 Å². The van der Waals surface area contributed by atoms with Crippen LogP contribution in [0, 0.1) is 13.8 Å². The molecule has 3 aromatic rings. The molecule has 0 aliphatic rings. The molecule has 3 heterocycles. The standard InChI is InChI=1S/C14H14N4O2/c1-9-13(14(19)20)10(2)18(16-9)8-11-7-17-6-4-3-5-12(17)15-11/h3-7H,8H2,1-2H3,(H,19,20). The Hall–Kier alpha value is -2.63. The fourth-order valence-electron chi connectivity index (χ4n) is 2.38. The quantitative estimate of drug-likeness (QED) is 0.789. The molecule has 20 heavy (non-hydrogen) atoms. The molecule has 0 fully saturated rings. The van der Waals surface area contributed by atoms with Crippen LogP contribution >= 0.6 is 0 Å². The van der Waals surface area contributed by atoms with Crippen molar-refractivity contribution in [2.45, 2.75) is 20.4 Å². The first-order valence-electron chi connectivity index (χ1n) is 6.26. The predicted octanol–water partition coefficient (Wildman–Crippen LogP) is 1.89. The van der Waals surface area contributed by atoms with Gasteiger partial charge in [0.2, 0.25) is 0 Å². The largest absolute Gasteiger partial charge is 0.478 e. The van der Waals surface area contributed by atoms with Crippen LogP contribution in [0.15, 0.2) is 30.6 Å². The highest BCUT2D eigenvalue weighted by atomic mass is 16.4. The van der Waals surface area contributed by atoms with Crippen molar-refractivity contribution in [3.05, 3.63) is 53.2 Å². The molecule has 6 heteroatoms. The smallest absolute Gasteiger partial charge is 0.339 e. The first kappa shape index (κ1) is 12.4. The number of pyridine rings is 1. The Morgan fingerprint density at radius 2 is 2.15 bits per heavy atom. The van der Waals surface area contributed by atoms with Crippen LogP contribution in [0.3, 0.4) is 0 Å². The molecule has 102 valence electrons. The molecular weight excluding hydrogens is 256 g/mol. The SMILES string of the molecule is Cc1nn(Cc2cn3ccccc3n2)c(C)c1C(=O)O. The van der Waals surface area contributed by atoms with Gasteiger partial charge in [0.05, 0.1) is 23.6 Å². The average molecular weight is 270 g/mol. The molecule has 0 saturated heterocycles. The zero-order valence-electron chi connectivity index (χ0n) is 11.2. The number of nitrogens with zero attached hydrogens (tertiary/aromatic N) is 4. The van der Waals surface area contributed by atoms with Gasteiger partial charge in [-0.2, -0.15) is 5.10 Å². The molecule has 0 spiro atoms. The van der Waals surface area contributed by atoms with E-state index in [9.17, 15) is 4.79 Å². The Morgan fingerprint density at radius 3 is 2.80 bits per heavy atom. The summed E-state index contributed by atoms with van der Waals surface area (Å²) in [6.45, 7) is 3.93. The summed E-state index contributed by atoms with van der Waals surface area (Å²) in [7, 11) is 0. The Labute approximate surface area is 115 Å². The van der Waals surface area contributed by atoms with Crippen LogP contribution in [0.1, 0.15) is 27.4 Å². The van der Waals surface area contributed by atoms with Crippen molar-refractivity contribution >= 4 is 11.6 Å². The fourth-order valence-corrected chi connectivity index (χ4v) is 2.38. The molecule has 0 aliphatic carbocycles. The summed E-state index contributed by atoms with van der Waals surface area (Å²) >= 11 is 0. The molecule has 0 atom stereocenters. The molecule has 6 nitrogen and oxygen atoms in total. The van der Waals surface area contributed by atoms with Gasteiger partial charge in [-0.1, -0.05) is 6.07 Å². The summed E-state index contributed by atoms with van der Waals surface area (Å²) in [4.78, 5) is 15.7. The number of imidazole rings is 1. The highest BCUT2D eigenvalue weighted by molar-refractivity contribution is 5.90. The number of rotatable bonds is 3. The number of carboxylic acids is 1. The van der Waals surface area contributed by atoms with E-state index in [4.69, 9.17) is 5.11 Å². The summed E-state index contributed by atoms with van der Waals surface area (Å²) in [6, 6.07) is 5.79. The van der Waals surface area contributed by atoms with Crippen molar-refractivity contribution in [2.24, 2.45) is 0 Å². The molecule has 0 aromatic carbocycles. The van der Waals surface area contributed by atoms with Crippen LogP contribution < -0.4 is 0 Å². The number of aryl methyl sites for hydroxylation is 1. The summed E-state index contributed by atoms with van der Waals surface area (Å²) < 4.78 is 3.61. The maximum atomic E-state index is 11.2. The van der Waals surface area contributed by atoms with Gasteiger partial charge in [0.1, 0.15) is 11.2 Å². The third-order valence-corrected chi connectivity index (χ3v) is 3.32. The van der Waals surface area contributed by atoms with Gasteiger partial charge in [-0.05, 0) is 26.0 Å². The van der Waals surface area contributed by atoms with Gasteiger partial charge in [0, 0.05) is 12.4 Å². The summed E-state index contributed by atoms with van der Waals surface area (Å²) in [6.07, 6.45) is 3.85. The van der Waals surface area contributed by atoms with Crippen molar-refractivity contribution in [2.75, 3.05) is 0 Å². The van der Waals surface area contributed by atoms with Crippen LogP contribution in [-0.4, -0.2) is 30.2 Å². The molecule has 3 rings (SSSR count). The second kappa shape index (κ2) is 4.48. The molecular formula is C14H14N4O2. The van der Waals surface area contributed by atoms with Crippen molar-refractivity contribution in [3.63, 3.8) is 0 Å². The van der Waals surface area contributed by atoms with Crippen LogP contribution in [0.4, 0.5) is 0 Å². The third kappa shape index (κ3) is 1.95. The van der Waals surface area contributed by atoms with E-state index in [0.717, 1.165) is 11.3 Å². The second-order valence-electron chi connectivity index (χ2n) is 4.71. The minimum absolute atomic E-state index is 0.272. The van der Waals surface area contributed by atoms with Crippen molar-refractivity contribution in [1.29, 1.82) is 0 Å². The van der Waals surface area contributed by atoms with E-state index in [1.807, 2.05) is 35.0 Å². The summed E-state index contributed by atoms with van der Waals surface area (Å²) in [5.41, 5.74) is 3.15. The Morgan fingerprint density at radius 1 is 1.35 bits per heavy atom. The molecule has 0 bridgehead atoms. The monoisotopic (exact) mass is 270 g/mol. The lowest BCUT2D eigenvalue weighted by atomic mass is 10.2. The van der Waals surface area contributed by atoms with E-state index < -0.39 is 5.97 Å². The van der Waals surface area contributed by atoms with Crippen molar-refractivity contribution in [1.82, 2.24) is 19.2 Å². The molecule has 0 amide bonds. The Balaban J connectivity index is 1.99. The summed E-state index contributed by atoms with van der Waals surface area (Å²) in [5, 5.41) is 13.5. The van der Waals surface area contributed by atoms with Gasteiger partial charge in [0.25, 0.3) is 0 Å². The molecule has 0 unspecified atom stereocenters. The van der Waals surface area contributed by atoms with Crippen LogP contribution in [0.2, 0.25) is 0 Å². The zero-order valence-corrected chi connectivity index (χ0v) is 11.2. The van der Waals surface area contributed by atoms with E-state index in [2.05, 4.69) is 10.1 Å². The molecule has 3 aromatic heterocycles. The third-order valence-electron chi connectivity index (χ3n) is 3.32. The summed E-state index contributed by atoms with van der Waals surface area (Å²) in [5.74, 6) is -0.943. The van der Waals surface area contributed by atoms with Crippen LogP contribution in [-0.2, 0) is 6.54 Å². The topological polar surface area (TPSA) is 72.4 Å². The number of carbonyl (C=O) groups is 1. The van der Waals surface area contributed by atoms with Gasteiger partial charge in [0.15, 0.2) is 0 Å². The van der Waals surface area contributed by atoms with Gasteiger partial charge in [-0.15, -0.1) is 0 Å². The fraction of sp³-hybridized carbons (Fsp3) is 0.214. The molecule has 0 saturated carbocycles. The minimum atomic E-state index is -0.943. The molecule has 0 aliphatic heterocycles. The Kier molecular flexibility index (Phi) is 2.78. The van der Waals surface area contributed by atoms with Gasteiger partial charge in [-0.3, -0.25) is 4.68 Å².